The van der Waals surface area contributed by atoms with E-state index in [1.54, 1.807) is 6.07 Å². The van der Waals surface area contributed by atoms with E-state index in [1.807, 2.05) is 25.1 Å². The average molecular weight is 345 g/mol. The minimum Gasteiger partial charge on any atom is -0.166 e. The summed E-state index contributed by atoms with van der Waals surface area (Å²) in [5.41, 5.74) is 4.39. The molecule has 0 heterocycles. The van der Waals surface area contributed by atoms with Gasteiger partial charge in [-0.3, -0.25) is 0 Å². The number of halogens is 4. The molecule has 1 aliphatic carbocycles. The number of alkyl halides is 3. The smallest absolute Gasteiger partial charge is 0.166 e. The molecule has 3 rings (SSSR count). The fourth-order valence-electron chi connectivity index (χ4n) is 2.80. The van der Waals surface area contributed by atoms with Crippen LogP contribution in [0.5, 0.6) is 0 Å². The van der Waals surface area contributed by atoms with Crippen molar-refractivity contribution in [2.24, 2.45) is 0 Å². The van der Waals surface area contributed by atoms with Gasteiger partial charge in [0.2, 0.25) is 0 Å². The summed E-state index contributed by atoms with van der Waals surface area (Å²) in [5, 5.41) is 0.588. The van der Waals surface area contributed by atoms with Crippen molar-refractivity contribution < 1.29 is 13.2 Å². The van der Waals surface area contributed by atoms with Crippen molar-refractivity contribution in [2.75, 3.05) is 0 Å². The first-order valence-electron chi connectivity index (χ1n) is 7.18. The van der Waals surface area contributed by atoms with Crippen LogP contribution in [0, 0.1) is 12.3 Å². The molecule has 0 saturated heterocycles. The average Bonchev–Trinajstić information content (AvgIpc) is 2.78. The summed E-state index contributed by atoms with van der Waals surface area (Å²) in [5.74, 6) is 2.67. The van der Waals surface area contributed by atoms with Gasteiger partial charge < -0.3 is 0 Å². The highest BCUT2D eigenvalue weighted by Gasteiger charge is 2.30. The summed E-state index contributed by atoms with van der Waals surface area (Å²) in [6.45, 7) is 1.90. The lowest BCUT2D eigenvalue weighted by Crippen LogP contribution is -2.04. The van der Waals surface area contributed by atoms with Crippen LogP contribution in [0.4, 0.5) is 13.2 Å². The SMILES string of the molecule is C#CC1=C(C)C(=Cc2ccc(C(F)(F)F)cc2)c2ccc(Cl)cc21. The number of hydrogen-bond donors (Lipinski definition) is 0. The molecule has 0 radical (unpaired) electrons. The van der Waals surface area contributed by atoms with E-state index in [1.165, 1.54) is 12.1 Å². The Morgan fingerprint density at radius 3 is 2.29 bits per heavy atom. The molecular formula is C20H12ClF3. The summed E-state index contributed by atoms with van der Waals surface area (Å²) < 4.78 is 38.0. The molecule has 0 amide bonds. The molecule has 0 nitrogen and oxygen atoms in total. The monoisotopic (exact) mass is 344 g/mol. The summed E-state index contributed by atoms with van der Waals surface area (Å²) >= 11 is 6.04. The maximum atomic E-state index is 12.7. The predicted molar refractivity (Wildman–Crippen MR) is 92.2 cm³/mol. The molecule has 0 spiro atoms. The maximum absolute atomic E-state index is 12.7. The Bertz CT molecular complexity index is 907. The normalized spacial score (nSPS) is 15.6. The third-order valence-corrected chi connectivity index (χ3v) is 4.25. The predicted octanol–water partition coefficient (Wildman–Crippen LogP) is 6.32. The first-order chi connectivity index (χ1) is 11.3. The van der Waals surface area contributed by atoms with Crippen LogP contribution >= 0.6 is 11.6 Å². The molecule has 120 valence electrons. The van der Waals surface area contributed by atoms with E-state index < -0.39 is 11.7 Å². The van der Waals surface area contributed by atoms with Crippen LogP contribution in [-0.4, -0.2) is 0 Å². The van der Waals surface area contributed by atoms with Crippen molar-refractivity contribution in [3.8, 4) is 12.3 Å². The van der Waals surface area contributed by atoms with Gasteiger partial charge in [0.25, 0.3) is 0 Å². The molecule has 0 bridgehead atoms. The second kappa shape index (κ2) is 5.89. The fraction of sp³-hybridized carbons (Fsp3) is 0.100. The molecule has 4 heteroatoms. The molecule has 0 saturated carbocycles. The number of hydrogen-bond acceptors (Lipinski definition) is 0. The summed E-state index contributed by atoms with van der Waals surface area (Å²) in [7, 11) is 0. The fourth-order valence-corrected chi connectivity index (χ4v) is 2.98. The van der Waals surface area contributed by atoms with Crippen LogP contribution in [0.25, 0.3) is 17.2 Å². The van der Waals surface area contributed by atoms with Crippen LogP contribution in [0.1, 0.15) is 29.2 Å². The molecule has 24 heavy (non-hydrogen) atoms. The number of rotatable bonds is 1. The van der Waals surface area contributed by atoms with Gasteiger partial charge in [-0.2, -0.15) is 13.2 Å². The summed E-state index contributed by atoms with van der Waals surface area (Å²) in [6.07, 6.45) is 3.11. The van der Waals surface area contributed by atoms with E-state index in [2.05, 4.69) is 5.92 Å². The van der Waals surface area contributed by atoms with Gasteiger partial charge in [0.05, 0.1) is 5.56 Å². The highest BCUT2D eigenvalue weighted by molar-refractivity contribution is 6.31. The molecule has 2 aromatic carbocycles. The zero-order valence-electron chi connectivity index (χ0n) is 12.7. The van der Waals surface area contributed by atoms with E-state index in [-0.39, 0.29) is 0 Å². The van der Waals surface area contributed by atoms with Crippen molar-refractivity contribution >= 4 is 28.8 Å². The highest BCUT2D eigenvalue weighted by Crippen LogP contribution is 2.42. The second-order valence-electron chi connectivity index (χ2n) is 5.51. The lowest BCUT2D eigenvalue weighted by Gasteiger charge is -2.07. The van der Waals surface area contributed by atoms with Crippen LogP contribution in [0.2, 0.25) is 5.02 Å². The minimum atomic E-state index is -4.34. The van der Waals surface area contributed by atoms with Gasteiger partial charge >= 0.3 is 6.18 Å². The van der Waals surface area contributed by atoms with Crippen molar-refractivity contribution in [1.29, 1.82) is 0 Å². The topological polar surface area (TPSA) is 0 Å². The van der Waals surface area contributed by atoms with Crippen LogP contribution in [0.3, 0.4) is 0 Å². The van der Waals surface area contributed by atoms with Crippen molar-refractivity contribution in [3.05, 3.63) is 75.3 Å². The number of fused-ring (bicyclic) bond motifs is 1. The van der Waals surface area contributed by atoms with Crippen molar-refractivity contribution in [2.45, 2.75) is 13.1 Å². The first-order valence-corrected chi connectivity index (χ1v) is 7.56. The molecule has 0 unspecified atom stereocenters. The van der Waals surface area contributed by atoms with Gasteiger partial charge in [0, 0.05) is 10.6 Å². The molecule has 1 aliphatic rings. The van der Waals surface area contributed by atoms with Crippen LogP contribution in [0.15, 0.2) is 48.0 Å². The first kappa shape index (κ1) is 16.4. The Balaban J connectivity index is 2.08. The quantitative estimate of drug-likeness (QED) is 0.531. The summed E-state index contributed by atoms with van der Waals surface area (Å²) in [4.78, 5) is 0. The van der Waals surface area contributed by atoms with Crippen molar-refractivity contribution in [3.63, 3.8) is 0 Å². The zero-order chi connectivity index (χ0) is 17.5. The lowest BCUT2D eigenvalue weighted by atomic mass is 10.00. The second-order valence-corrected chi connectivity index (χ2v) is 5.95. The van der Waals surface area contributed by atoms with E-state index in [0.717, 1.165) is 40.0 Å². The molecule has 0 aliphatic heterocycles. The maximum Gasteiger partial charge on any atom is 0.416 e. The number of terminal acetylenes is 1. The molecule has 0 N–H and O–H groups in total. The van der Waals surface area contributed by atoms with Gasteiger partial charge in [0.1, 0.15) is 0 Å². The largest absolute Gasteiger partial charge is 0.416 e. The van der Waals surface area contributed by atoms with Gasteiger partial charge in [-0.25, -0.2) is 0 Å². The Morgan fingerprint density at radius 2 is 1.71 bits per heavy atom. The number of allylic oxidation sites excluding steroid dienone is 3. The van der Waals surface area contributed by atoms with E-state index >= 15 is 0 Å². The summed E-state index contributed by atoms with van der Waals surface area (Å²) in [6, 6.07) is 10.5. The molecule has 2 aromatic rings. The molecular weight excluding hydrogens is 333 g/mol. The molecule has 0 atom stereocenters. The highest BCUT2D eigenvalue weighted by atomic mass is 35.5. The van der Waals surface area contributed by atoms with Crippen LogP contribution in [-0.2, 0) is 6.18 Å². The molecule has 0 aromatic heterocycles. The van der Waals surface area contributed by atoms with Gasteiger partial charge in [-0.1, -0.05) is 35.7 Å². The Kier molecular flexibility index (Phi) is 4.03. The van der Waals surface area contributed by atoms with Gasteiger partial charge in [-0.15, -0.1) is 6.42 Å². The molecule has 0 fully saturated rings. The van der Waals surface area contributed by atoms with Gasteiger partial charge in [-0.05, 0) is 65.1 Å². The van der Waals surface area contributed by atoms with Crippen molar-refractivity contribution in [1.82, 2.24) is 0 Å². The Morgan fingerprint density at radius 1 is 1.04 bits per heavy atom. The zero-order valence-corrected chi connectivity index (χ0v) is 13.5. The van der Waals surface area contributed by atoms with E-state index in [4.69, 9.17) is 18.0 Å². The number of benzene rings is 2. The van der Waals surface area contributed by atoms with E-state index in [9.17, 15) is 13.2 Å². The third-order valence-electron chi connectivity index (χ3n) is 4.01. The minimum absolute atomic E-state index is 0.588. The van der Waals surface area contributed by atoms with Crippen LogP contribution < -0.4 is 0 Å². The lowest BCUT2D eigenvalue weighted by molar-refractivity contribution is -0.137. The Labute approximate surface area is 143 Å². The third kappa shape index (κ3) is 2.86. The van der Waals surface area contributed by atoms with E-state index in [0.29, 0.717) is 10.6 Å². The Hall–Kier alpha value is -2.44. The standard InChI is InChI=1S/C20H12ClF3/c1-3-16-12(2)18(17-9-8-15(21)11-19(16)17)10-13-4-6-14(7-5-13)20(22,23)24/h1,4-11H,2H3. The van der Waals surface area contributed by atoms with Gasteiger partial charge in [0.15, 0.2) is 0 Å².